The highest BCUT2D eigenvalue weighted by Gasteiger charge is 2.63. The summed E-state index contributed by atoms with van der Waals surface area (Å²) in [6, 6.07) is 59.7. The van der Waals surface area contributed by atoms with Crippen molar-refractivity contribution in [1.82, 2.24) is 9.13 Å². The first-order valence-corrected chi connectivity index (χ1v) is 20.1. The summed E-state index contributed by atoms with van der Waals surface area (Å²) in [5.74, 6) is 3.33. The van der Waals surface area contributed by atoms with E-state index in [4.69, 9.17) is 0 Å². The van der Waals surface area contributed by atoms with Gasteiger partial charge in [0.15, 0.2) is 0 Å². The summed E-state index contributed by atoms with van der Waals surface area (Å²) in [7, 11) is 0. The molecule has 2 nitrogen and oxygen atoms in total. The van der Waals surface area contributed by atoms with Gasteiger partial charge in [0, 0.05) is 38.2 Å². The molecular formula is C52H40N2. The average Bonchev–Trinajstić information content (AvgIpc) is 3.90. The second kappa shape index (κ2) is 10.6. The molecule has 4 aliphatic carbocycles. The second-order valence-electron chi connectivity index (χ2n) is 16.8. The van der Waals surface area contributed by atoms with Crippen LogP contribution in [0.15, 0.2) is 158 Å². The van der Waals surface area contributed by atoms with Gasteiger partial charge < -0.3 is 9.13 Å². The van der Waals surface area contributed by atoms with Crippen molar-refractivity contribution in [2.45, 2.75) is 37.5 Å². The molecule has 3 saturated carbocycles. The Hall–Kier alpha value is -5.86. The van der Waals surface area contributed by atoms with Gasteiger partial charge in [-0.3, -0.25) is 0 Å². The van der Waals surface area contributed by atoms with E-state index in [0.717, 1.165) is 23.7 Å². The highest BCUT2D eigenvalue weighted by atomic mass is 15.0. The van der Waals surface area contributed by atoms with Crippen molar-refractivity contribution in [3.8, 4) is 33.6 Å². The molecule has 3 fully saturated rings. The van der Waals surface area contributed by atoms with Crippen LogP contribution in [-0.4, -0.2) is 9.13 Å². The maximum Gasteiger partial charge on any atom is 0.0543 e. The zero-order chi connectivity index (χ0) is 35.1. The summed E-state index contributed by atoms with van der Waals surface area (Å²) in [6.45, 7) is 0. The fourth-order valence-electron chi connectivity index (χ4n) is 12.8. The molecule has 5 atom stereocenters. The molecule has 7 aromatic carbocycles. The van der Waals surface area contributed by atoms with E-state index in [0.29, 0.717) is 0 Å². The van der Waals surface area contributed by atoms with Gasteiger partial charge in [-0.1, -0.05) is 103 Å². The van der Waals surface area contributed by atoms with Gasteiger partial charge in [-0.25, -0.2) is 0 Å². The van der Waals surface area contributed by atoms with E-state index in [1.165, 1.54) is 109 Å². The molecule has 54 heavy (non-hydrogen) atoms. The molecule has 0 saturated heterocycles. The van der Waals surface area contributed by atoms with Gasteiger partial charge in [-0.15, -0.1) is 0 Å². The Balaban J connectivity index is 1.02. The van der Waals surface area contributed by atoms with Crippen molar-refractivity contribution in [2.24, 2.45) is 23.7 Å². The lowest BCUT2D eigenvalue weighted by Crippen LogP contribution is -2.48. The summed E-state index contributed by atoms with van der Waals surface area (Å²) in [6.07, 6.45) is 7.09. The summed E-state index contributed by atoms with van der Waals surface area (Å²) in [5, 5.41) is 5.19. The Kier molecular flexibility index (Phi) is 5.83. The van der Waals surface area contributed by atoms with E-state index in [1.54, 1.807) is 11.1 Å². The minimum Gasteiger partial charge on any atom is -0.309 e. The predicted octanol–water partition coefficient (Wildman–Crippen LogP) is 13.3. The van der Waals surface area contributed by atoms with Crippen LogP contribution >= 0.6 is 0 Å². The molecule has 4 aliphatic rings. The zero-order valence-electron chi connectivity index (χ0n) is 30.3. The van der Waals surface area contributed by atoms with Gasteiger partial charge in [0.25, 0.3) is 0 Å². The predicted molar refractivity (Wildman–Crippen MR) is 224 cm³/mol. The number of rotatable bonds is 3. The number of nitrogens with zero attached hydrogens (tertiary/aromatic N) is 2. The van der Waals surface area contributed by atoms with Crippen LogP contribution in [0, 0.1) is 23.7 Å². The van der Waals surface area contributed by atoms with Gasteiger partial charge >= 0.3 is 0 Å². The lowest BCUT2D eigenvalue weighted by Gasteiger charge is -2.52. The molecule has 0 radical (unpaired) electrons. The highest BCUT2D eigenvalue weighted by molar-refractivity contribution is 6.13. The van der Waals surface area contributed by atoms with Gasteiger partial charge in [-0.2, -0.15) is 0 Å². The molecule has 0 N–H and O–H groups in total. The fraction of sp³-hybridized carbons (Fsp3) is 0.192. The molecule has 0 amide bonds. The van der Waals surface area contributed by atoms with Gasteiger partial charge in [0.05, 0.1) is 27.8 Å². The maximum absolute atomic E-state index is 2.60. The van der Waals surface area contributed by atoms with Crippen LogP contribution in [-0.2, 0) is 5.41 Å². The molecule has 0 aliphatic heterocycles. The van der Waals surface area contributed by atoms with Gasteiger partial charge in [0.1, 0.15) is 0 Å². The van der Waals surface area contributed by atoms with Crippen LogP contribution < -0.4 is 0 Å². The van der Waals surface area contributed by atoms with Gasteiger partial charge in [0.2, 0.25) is 0 Å². The molecule has 2 aromatic heterocycles. The van der Waals surface area contributed by atoms with Crippen molar-refractivity contribution >= 4 is 43.6 Å². The normalized spacial score (nSPS) is 23.6. The molecule has 1 spiro atoms. The topological polar surface area (TPSA) is 9.86 Å². The quantitative estimate of drug-likeness (QED) is 0.174. The lowest BCUT2D eigenvalue weighted by molar-refractivity contribution is 0.0767. The summed E-state index contributed by atoms with van der Waals surface area (Å²) in [5.41, 5.74) is 16.4. The Labute approximate surface area is 315 Å². The number of fused-ring (bicyclic) bond motifs is 10. The summed E-state index contributed by atoms with van der Waals surface area (Å²) < 4.78 is 4.99. The standard InChI is InChI=1S/C52H40N2/c1-2-11-37(12-3-1)53-46-18-8-5-13-38(46)41-30-33(22-25-48(41)53)34-23-26-49-42(31-34)39-14-6-9-19-47(39)54(49)50-20-10-17-44-51(50)40-15-4-7-16-43(40)52(44)36-24-21-35-27-32(28-36)29-45(35)52/h1-20,22-23,25-26,30-32,35-36,45H,21,24,27-29H2/t32?,35-,36?,45?,52?/m1/s1. The van der Waals surface area contributed by atoms with Crippen molar-refractivity contribution in [2.75, 3.05) is 0 Å². The molecule has 4 unspecified atom stereocenters. The molecule has 9 aromatic rings. The van der Waals surface area contributed by atoms with Crippen LogP contribution in [0.2, 0.25) is 0 Å². The molecule has 258 valence electrons. The number of hydrogen-bond acceptors (Lipinski definition) is 0. The number of benzene rings is 7. The van der Waals surface area contributed by atoms with Crippen LogP contribution in [0.25, 0.3) is 77.2 Å². The first kappa shape index (κ1) is 29.6. The Bertz CT molecular complexity index is 3010. The number of aromatic nitrogens is 2. The first-order chi connectivity index (χ1) is 26.8. The van der Waals surface area contributed by atoms with E-state index < -0.39 is 0 Å². The summed E-state index contributed by atoms with van der Waals surface area (Å²) in [4.78, 5) is 0. The van der Waals surface area contributed by atoms with Crippen molar-refractivity contribution in [3.05, 3.63) is 169 Å². The highest BCUT2D eigenvalue weighted by Crippen LogP contribution is 2.71. The van der Waals surface area contributed by atoms with E-state index >= 15 is 0 Å². The zero-order valence-corrected chi connectivity index (χ0v) is 30.3. The van der Waals surface area contributed by atoms with Crippen molar-refractivity contribution in [3.63, 3.8) is 0 Å². The number of para-hydroxylation sites is 3. The Morgan fingerprint density at radius 3 is 1.87 bits per heavy atom. The third-order valence-corrected chi connectivity index (χ3v) is 14.6. The molecule has 2 heteroatoms. The molecule has 3 bridgehead atoms. The Morgan fingerprint density at radius 1 is 0.463 bits per heavy atom. The van der Waals surface area contributed by atoms with Crippen LogP contribution in [0.4, 0.5) is 0 Å². The van der Waals surface area contributed by atoms with E-state index in [9.17, 15) is 0 Å². The monoisotopic (exact) mass is 692 g/mol. The second-order valence-corrected chi connectivity index (χ2v) is 16.8. The van der Waals surface area contributed by atoms with Crippen molar-refractivity contribution in [1.29, 1.82) is 0 Å². The van der Waals surface area contributed by atoms with Crippen molar-refractivity contribution < 1.29 is 0 Å². The summed E-state index contributed by atoms with van der Waals surface area (Å²) >= 11 is 0. The minimum atomic E-state index is 0.159. The minimum absolute atomic E-state index is 0.159. The van der Waals surface area contributed by atoms with Crippen LogP contribution in [0.1, 0.15) is 43.2 Å². The average molecular weight is 693 g/mol. The van der Waals surface area contributed by atoms with Gasteiger partial charge in [-0.05, 0) is 138 Å². The fourth-order valence-corrected chi connectivity index (χ4v) is 12.8. The maximum atomic E-state index is 2.60. The number of hydrogen-bond donors (Lipinski definition) is 0. The van der Waals surface area contributed by atoms with Crippen LogP contribution in [0.3, 0.4) is 0 Å². The van der Waals surface area contributed by atoms with E-state index in [1.807, 2.05) is 0 Å². The third kappa shape index (κ3) is 3.67. The SMILES string of the molecule is c1ccc(-n2c3ccccc3c3cc(-c4ccc5c(c4)c4ccccc4n5-c4cccc5c4-c4ccccc4C54C5CC[C@@H]6CC(C5)CC64)ccc32)cc1. The lowest BCUT2D eigenvalue weighted by atomic mass is 9.51. The third-order valence-electron chi connectivity index (χ3n) is 14.6. The van der Waals surface area contributed by atoms with E-state index in [-0.39, 0.29) is 5.41 Å². The molecule has 2 heterocycles. The first-order valence-electron chi connectivity index (χ1n) is 20.1. The smallest absolute Gasteiger partial charge is 0.0543 e. The van der Waals surface area contributed by atoms with Crippen LogP contribution in [0.5, 0.6) is 0 Å². The Morgan fingerprint density at radius 2 is 1.09 bits per heavy atom. The van der Waals surface area contributed by atoms with E-state index in [2.05, 4.69) is 167 Å². The molecule has 13 rings (SSSR count). The largest absolute Gasteiger partial charge is 0.309 e. The molecular weight excluding hydrogens is 653 g/mol.